The van der Waals surface area contributed by atoms with Crippen molar-refractivity contribution in [2.24, 2.45) is 17.8 Å². The van der Waals surface area contributed by atoms with E-state index >= 15 is 0 Å². The lowest BCUT2D eigenvalue weighted by atomic mass is 10.0. The number of alkyl halides is 3. The number of fused-ring (bicyclic) bond motifs is 1. The first-order valence-electron chi connectivity index (χ1n) is 13.3. The largest absolute Gasteiger partial charge is 0.433 e. The third kappa shape index (κ3) is 5.24. The maximum Gasteiger partial charge on any atom is 0.433 e. The lowest BCUT2D eigenvalue weighted by Gasteiger charge is -2.45. The lowest BCUT2D eigenvalue weighted by molar-refractivity contribution is -0.141. The minimum atomic E-state index is -4.64. The maximum atomic E-state index is 13.0. The molecule has 2 saturated carbocycles. The summed E-state index contributed by atoms with van der Waals surface area (Å²) in [7, 11) is -2.70. The van der Waals surface area contributed by atoms with Gasteiger partial charge in [-0.15, -0.1) is 0 Å². The van der Waals surface area contributed by atoms with Crippen LogP contribution in [0.1, 0.15) is 56.2 Å². The molecule has 4 atom stereocenters. The van der Waals surface area contributed by atoms with E-state index in [0.717, 1.165) is 25.0 Å². The van der Waals surface area contributed by atoms with Crippen LogP contribution in [0.15, 0.2) is 78.9 Å². The Hall–Kier alpha value is -3.10. The summed E-state index contributed by atoms with van der Waals surface area (Å²) in [5, 5.41) is 2.26. The molecule has 8 heteroatoms. The second-order valence-corrected chi connectivity index (χ2v) is 16.0. The van der Waals surface area contributed by atoms with Gasteiger partial charge < -0.3 is 4.43 Å². The molecule has 2 aliphatic rings. The van der Waals surface area contributed by atoms with Crippen LogP contribution in [0.4, 0.5) is 13.2 Å². The first-order chi connectivity index (χ1) is 18.4. The number of carbonyl (C=O) groups excluding carboxylic acids is 2. The predicted molar refractivity (Wildman–Crippen MR) is 145 cm³/mol. The molecule has 0 saturated heterocycles. The highest BCUT2D eigenvalue weighted by molar-refractivity contribution is 6.99. The second-order valence-electron chi connectivity index (χ2n) is 11.7. The average molecular weight is 552 g/mol. The van der Waals surface area contributed by atoms with E-state index in [0.29, 0.717) is 0 Å². The summed E-state index contributed by atoms with van der Waals surface area (Å²) in [4.78, 5) is 29.0. The molecule has 3 unspecified atom stereocenters. The quantitative estimate of drug-likeness (QED) is 0.200. The van der Waals surface area contributed by atoms with Crippen LogP contribution in [-0.4, -0.2) is 31.0 Å². The van der Waals surface area contributed by atoms with Crippen LogP contribution in [0.3, 0.4) is 0 Å². The number of hydrogen-bond donors (Lipinski definition) is 0. The number of Topliss-reactive ketones (excluding diaryl/α,β-unsaturated/α-hetero) is 2. The Labute approximate surface area is 227 Å². The molecule has 0 amide bonds. The number of nitrogens with zero attached hydrogens (tertiary/aromatic N) is 1. The molecule has 2 aliphatic carbocycles. The minimum Gasteiger partial charge on any atom is -0.404 e. The van der Waals surface area contributed by atoms with E-state index in [1.54, 1.807) is 0 Å². The van der Waals surface area contributed by atoms with Crippen LogP contribution in [0.25, 0.3) is 0 Å². The van der Waals surface area contributed by atoms with E-state index in [1.807, 2.05) is 36.4 Å². The van der Waals surface area contributed by atoms with Gasteiger partial charge in [0, 0.05) is 12.0 Å². The molecule has 2 aromatic carbocycles. The summed E-state index contributed by atoms with van der Waals surface area (Å²) >= 11 is 0. The standard InChI is InChI=1S/C31H32F3NO3Si/c1-30(2,3)39(21-11-6-4-7-12-21,22-13-8-5-9-14-22)38-20-17-23-24(18-20)29(23)27(37)19-26(36)25-15-10-16-28(35-25)31(32,33)34/h4-16,20,23-24,29H,17-19H2,1-3H3/t20?,23-,24?,29?/m1/s1. The summed E-state index contributed by atoms with van der Waals surface area (Å²) in [5.41, 5.74) is -1.45. The number of rotatable bonds is 8. The van der Waals surface area contributed by atoms with Crippen LogP contribution in [0, 0.1) is 17.8 Å². The molecular formula is C31H32F3NO3Si. The first-order valence-corrected chi connectivity index (χ1v) is 15.2. The third-order valence-corrected chi connectivity index (χ3v) is 13.3. The van der Waals surface area contributed by atoms with Gasteiger partial charge in [0.1, 0.15) is 17.2 Å². The average Bonchev–Trinajstić information content (AvgIpc) is 3.42. The summed E-state index contributed by atoms with van der Waals surface area (Å²) in [5.74, 6) is -0.834. The van der Waals surface area contributed by atoms with Crippen LogP contribution in [-0.2, 0) is 15.4 Å². The van der Waals surface area contributed by atoms with Crippen molar-refractivity contribution in [1.82, 2.24) is 4.98 Å². The molecular weight excluding hydrogens is 519 g/mol. The lowest BCUT2D eigenvalue weighted by Crippen LogP contribution is -2.67. The number of benzene rings is 2. The van der Waals surface area contributed by atoms with E-state index in [9.17, 15) is 22.8 Å². The molecule has 1 heterocycles. The van der Waals surface area contributed by atoms with Crippen molar-refractivity contribution < 1.29 is 27.2 Å². The van der Waals surface area contributed by atoms with E-state index in [4.69, 9.17) is 4.43 Å². The molecule has 0 radical (unpaired) electrons. The fraction of sp³-hybridized carbons (Fsp3) is 0.387. The Morgan fingerprint density at radius 2 is 1.38 bits per heavy atom. The summed E-state index contributed by atoms with van der Waals surface area (Å²) in [6, 6.07) is 24.0. The summed E-state index contributed by atoms with van der Waals surface area (Å²) < 4.78 is 46.2. The van der Waals surface area contributed by atoms with E-state index < -0.39 is 32.4 Å². The number of carbonyl (C=O) groups is 2. The van der Waals surface area contributed by atoms with Crippen LogP contribution >= 0.6 is 0 Å². The molecule has 5 rings (SSSR count). The highest BCUT2D eigenvalue weighted by atomic mass is 28.4. The maximum absolute atomic E-state index is 13.0. The molecule has 3 aromatic rings. The van der Waals surface area contributed by atoms with Crippen molar-refractivity contribution >= 4 is 30.3 Å². The smallest absolute Gasteiger partial charge is 0.404 e. The molecule has 2 fully saturated rings. The van der Waals surface area contributed by atoms with Crippen LogP contribution in [0.5, 0.6) is 0 Å². The highest BCUT2D eigenvalue weighted by Crippen LogP contribution is 2.59. The fourth-order valence-electron chi connectivity index (χ4n) is 6.42. The van der Waals surface area contributed by atoms with Gasteiger partial charge in [-0.25, -0.2) is 4.98 Å². The molecule has 0 aliphatic heterocycles. The highest BCUT2D eigenvalue weighted by Gasteiger charge is 2.61. The molecule has 39 heavy (non-hydrogen) atoms. The molecule has 1 aromatic heterocycles. The van der Waals surface area contributed by atoms with Gasteiger partial charge in [-0.05, 0) is 52.2 Å². The van der Waals surface area contributed by atoms with Gasteiger partial charge in [-0.3, -0.25) is 9.59 Å². The van der Waals surface area contributed by atoms with Crippen LogP contribution in [0.2, 0.25) is 5.04 Å². The van der Waals surface area contributed by atoms with Gasteiger partial charge in [0.15, 0.2) is 5.78 Å². The zero-order valence-corrected chi connectivity index (χ0v) is 23.2. The molecule has 0 N–H and O–H groups in total. The number of halogens is 3. The summed E-state index contributed by atoms with van der Waals surface area (Å²) in [6.45, 7) is 6.69. The Balaban J connectivity index is 1.29. The zero-order chi connectivity index (χ0) is 28.0. The van der Waals surface area contributed by atoms with Gasteiger partial charge in [0.2, 0.25) is 0 Å². The van der Waals surface area contributed by atoms with Crippen molar-refractivity contribution in [2.75, 3.05) is 0 Å². The number of hydrogen-bond acceptors (Lipinski definition) is 4. The Kier molecular flexibility index (Phi) is 7.14. The van der Waals surface area contributed by atoms with Crippen molar-refractivity contribution in [1.29, 1.82) is 0 Å². The third-order valence-electron chi connectivity index (χ3n) is 8.19. The molecule has 0 spiro atoms. The SMILES string of the molecule is CC(C)(C)[Si](OC1CC2C(C(=O)CC(=O)c3cccc(C(F)(F)F)n3)[C@@H]2C1)(c1ccccc1)c1ccccc1. The molecule has 204 valence electrons. The van der Waals surface area contributed by atoms with E-state index in [-0.39, 0.29) is 40.4 Å². The van der Waals surface area contributed by atoms with Gasteiger partial charge in [-0.1, -0.05) is 87.5 Å². The minimum absolute atomic E-state index is 0.00353. The monoisotopic (exact) mass is 551 g/mol. The van der Waals surface area contributed by atoms with Gasteiger partial charge >= 0.3 is 6.18 Å². The zero-order valence-electron chi connectivity index (χ0n) is 22.2. The number of aromatic nitrogens is 1. The number of ketones is 2. The fourth-order valence-corrected chi connectivity index (χ4v) is 11.1. The Bertz CT molecular complexity index is 1300. The number of pyridine rings is 1. The van der Waals surface area contributed by atoms with Crippen molar-refractivity contribution in [3.63, 3.8) is 0 Å². The van der Waals surface area contributed by atoms with Crippen molar-refractivity contribution in [3.8, 4) is 0 Å². The predicted octanol–water partition coefficient (Wildman–Crippen LogP) is 5.84. The normalized spacial score (nSPS) is 22.8. The molecule has 4 nitrogen and oxygen atoms in total. The topological polar surface area (TPSA) is 56.3 Å². The van der Waals surface area contributed by atoms with Gasteiger partial charge in [0.05, 0.1) is 6.42 Å². The Morgan fingerprint density at radius 1 is 0.846 bits per heavy atom. The van der Waals surface area contributed by atoms with E-state index in [2.05, 4.69) is 50.0 Å². The summed E-state index contributed by atoms with van der Waals surface area (Å²) in [6.07, 6.45) is -3.60. The van der Waals surface area contributed by atoms with E-state index in [1.165, 1.54) is 16.4 Å². The molecule has 0 bridgehead atoms. The second kappa shape index (κ2) is 10.1. The Morgan fingerprint density at radius 3 is 1.87 bits per heavy atom. The van der Waals surface area contributed by atoms with Crippen molar-refractivity contribution in [2.45, 2.75) is 57.4 Å². The van der Waals surface area contributed by atoms with Gasteiger partial charge in [0.25, 0.3) is 8.32 Å². The van der Waals surface area contributed by atoms with Gasteiger partial charge in [-0.2, -0.15) is 13.2 Å². The van der Waals surface area contributed by atoms with Crippen molar-refractivity contribution in [3.05, 3.63) is 90.3 Å². The first kappa shape index (κ1) is 27.5. The van der Waals surface area contributed by atoms with Crippen LogP contribution < -0.4 is 10.4 Å².